The minimum absolute atomic E-state index is 0.0526. The van der Waals surface area contributed by atoms with Crippen LogP contribution in [0.25, 0.3) is 0 Å². The molecule has 9 fully saturated rings. The summed E-state index contributed by atoms with van der Waals surface area (Å²) in [6, 6.07) is 9.93. The summed E-state index contributed by atoms with van der Waals surface area (Å²) in [5.41, 5.74) is 2.46. The van der Waals surface area contributed by atoms with E-state index in [-0.39, 0.29) is 41.2 Å². The zero-order chi connectivity index (χ0) is 83.3. The number of likely N-dealkylation sites (tertiary alicyclic amines) is 4. The molecule has 0 radical (unpaired) electrons. The van der Waals surface area contributed by atoms with Crippen molar-refractivity contribution in [3.8, 4) is 0 Å². The van der Waals surface area contributed by atoms with Crippen molar-refractivity contribution in [3.63, 3.8) is 0 Å². The van der Waals surface area contributed by atoms with E-state index in [0.717, 1.165) is 286 Å². The Morgan fingerprint density at radius 2 is 0.708 bits per heavy atom. The van der Waals surface area contributed by atoms with Crippen LogP contribution in [-0.2, 0) is 59.1 Å². The molecule has 9 heterocycles. The Hall–Kier alpha value is -5.42. The lowest BCUT2D eigenvalue weighted by Crippen LogP contribution is -2.50. The lowest BCUT2D eigenvalue weighted by atomic mass is 9.98. The van der Waals surface area contributed by atoms with Gasteiger partial charge in [0.2, 0.25) is 35.4 Å². The van der Waals surface area contributed by atoms with Gasteiger partial charge in [0.05, 0.1) is 18.8 Å². The predicted octanol–water partition coefficient (Wildman–Crippen LogP) is 2.13. The van der Waals surface area contributed by atoms with Gasteiger partial charge in [0, 0.05) is 336 Å². The quantitative estimate of drug-likeness (QED) is 0.0939. The monoisotopic (exact) mass is 1600 g/mol. The molecule has 9 aliphatic rings. The number of carbonyl (C=O) groups excluding carboxylic acids is 8. The number of hydrogen-bond donors (Lipinski definition) is 5. The van der Waals surface area contributed by atoms with Crippen molar-refractivity contribution in [1.82, 2.24) is 89.9 Å². The van der Waals surface area contributed by atoms with Crippen molar-refractivity contribution in [1.29, 1.82) is 0 Å². The number of nitrogens with zero attached hydrogens (tertiary/aromatic N) is 14. The largest absolute Gasteiger partial charge is 0.388 e. The number of methoxy groups -OCH3 is 3. The maximum absolute atomic E-state index is 11.3. The van der Waals surface area contributed by atoms with Crippen LogP contribution in [0.3, 0.4) is 0 Å². The second-order valence-corrected chi connectivity index (χ2v) is 31.6. The lowest BCUT2D eigenvalue weighted by Gasteiger charge is -2.41. The Bertz CT molecular complexity index is 2650. The average Bonchev–Trinajstić information content (AvgIpc) is 0.837. The molecule has 30 heteroatoms. The second kappa shape index (κ2) is 61.0. The van der Waals surface area contributed by atoms with E-state index >= 15 is 0 Å². The number of likely N-dealkylation sites (N-methyl/N-ethyl adjacent to an activating group) is 3. The van der Waals surface area contributed by atoms with Gasteiger partial charge in [-0.3, -0.25) is 58.0 Å². The molecule has 30 nitrogen and oxygen atoms in total. The third-order valence-corrected chi connectivity index (χ3v) is 22.8. The Morgan fingerprint density at radius 3 is 1.04 bits per heavy atom. The summed E-state index contributed by atoms with van der Waals surface area (Å²) in [6.45, 7) is 52.0. The molecule has 1 aromatic carbocycles. The van der Waals surface area contributed by atoms with E-state index in [1.807, 2.05) is 33.7 Å². The fourth-order valence-electron chi connectivity index (χ4n) is 14.7. The molecule has 6 amide bonds. The maximum atomic E-state index is 11.3. The Morgan fingerprint density at radius 1 is 0.372 bits per heavy atom. The van der Waals surface area contributed by atoms with Crippen LogP contribution in [0, 0.1) is 0 Å². The Kier molecular flexibility index (Phi) is 54.9. The summed E-state index contributed by atoms with van der Waals surface area (Å²) < 4.78 is 15.6. The van der Waals surface area contributed by atoms with Gasteiger partial charge in [-0.25, -0.2) is 0 Å². The summed E-state index contributed by atoms with van der Waals surface area (Å²) in [5, 5.41) is 15.2. The number of ketones is 2. The van der Waals surface area contributed by atoms with Gasteiger partial charge in [-0.2, -0.15) is 0 Å². The average molecular weight is 1600 g/mol. The van der Waals surface area contributed by atoms with E-state index < -0.39 is 0 Å². The highest BCUT2D eigenvalue weighted by Gasteiger charge is 2.29. The van der Waals surface area contributed by atoms with Crippen molar-refractivity contribution < 1.29 is 52.6 Å². The first kappa shape index (κ1) is 102. The van der Waals surface area contributed by atoms with Gasteiger partial charge < -0.3 is 89.8 Å². The fraction of sp³-hybridized carbons (Fsp3) is 0.831. The lowest BCUT2D eigenvalue weighted by molar-refractivity contribution is -0.131. The second-order valence-electron chi connectivity index (χ2n) is 31.6. The van der Waals surface area contributed by atoms with Crippen LogP contribution < -0.4 is 26.6 Å². The number of Topliss-reactive ketones (excluding diaryl/α,β-unsaturated/α-hetero) is 2. The van der Waals surface area contributed by atoms with Crippen LogP contribution >= 0.6 is 0 Å². The van der Waals surface area contributed by atoms with Crippen LogP contribution in [0.1, 0.15) is 125 Å². The van der Waals surface area contributed by atoms with Crippen LogP contribution in [0.4, 0.5) is 5.69 Å². The normalized spacial score (nSPS) is 20.2. The minimum Gasteiger partial charge on any atom is -0.388 e. The molecule has 0 aromatic heterocycles. The molecule has 0 aliphatic carbocycles. The molecule has 0 spiro atoms. The summed E-state index contributed by atoms with van der Waals surface area (Å²) in [4.78, 5) is 119. The van der Waals surface area contributed by atoms with Gasteiger partial charge in [-0.05, 0) is 124 Å². The molecule has 0 bridgehead atoms. The molecule has 9 saturated heterocycles. The number of nitrogens with one attached hydrogen (secondary N) is 5. The minimum atomic E-state index is 0.0526. The third-order valence-electron chi connectivity index (χ3n) is 22.8. The van der Waals surface area contributed by atoms with Crippen molar-refractivity contribution in [2.45, 2.75) is 150 Å². The first-order chi connectivity index (χ1) is 54.2. The van der Waals surface area contributed by atoms with Gasteiger partial charge in [-0.1, -0.05) is 12.1 Å². The number of benzene rings is 1. The zero-order valence-corrected chi connectivity index (χ0v) is 73.5. The van der Waals surface area contributed by atoms with E-state index in [2.05, 4.69) is 121 Å². The van der Waals surface area contributed by atoms with Gasteiger partial charge in [-0.15, -0.1) is 0 Å². The third kappa shape index (κ3) is 47.5. The molecule has 113 heavy (non-hydrogen) atoms. The first-order valence-electron chi connectivity index (χ1n) is 42.5. The van der Waals surface area contributed by atoms with E-state index in [1.54, 1.807) is 76.7 Å². The van der Waals surface area contributed by atoms with Gasteiger partial charge in [0.15, 0.2) is 0 Å². The zero-order valence-electron chi connectivity index (χ0n) is 73.5. The van der Waals surface area contributed by atoms with E-state index in [0.29, 0.717) is 42.9 Å². The van der Waals surface area contributed by atoms with Crippen molar-refractivity contribution in [2.75, 3.05) is 311 Å². The predicted molar refractivity (Wildman–Crippen MR) is 454 cm³/mol. The van der Waals surface area contributed by atoms with Crippen LogP contribution in [-0.4, -0.2) is 445 Å². The summed E-state index contributed by atoms with van der Waals surface area (Å²) in [5.74, 6) is 1.51. The summed E-state index contributed by atoms with van der Waals surface area (Å²) >= 11 is 0. The molecule has 652 valence electrons. The highest BCUT2D eigenvalue weighted by atomic mass is 16.5. The van der Waals surface area contributed by atoms with Crippen molar-refractivity contribution in [2.24, 2.45) is 0 Å². The topological polar surface area (TPSA) is 270 Å². The standard InChI is InChI=1S/C14H21N3O.C13H25N3O.C10H20N2O2.C10H19NO2.2C9H19N3O.C9H18N2O2.C9H18N2O/c1-12(18)17-9-7-16(8-10-17)11-13-3-5-14(15-2)6-4-13;1-11(17)15-9-5-13(6-10-15)16-7-3-12(14-2)4-8-16;1-9(13)11-5-8-12-6-3-10(14-2)4-7-12;1-9(12)3-6-11-7-4-10(13-2)5-8-11;1-9(13)10-3-4-12-7-5-11(2)6-8-12;1-9(13)12-7-5-11(6-8-12)4-3-10-2;1-9(12)11-5-3-10(4-6-11)7-8-13-2;1-9(12)3-4-11-7-5-10(2)6-8-11/h3-6,15H,7-11H2,1-2H3;12-14H,3-10H2,1-2H3;10H,3-8H2,1-2H3,(H,11,13);10H,3-8H2,1-2H3;3-8H2,1-2H3,(H,10,13);10H,3-8H2,1-2H3;3-8H2,1-2H3;3-8H2,1-2H3. The molecule has 0 saturated carbocycles. The molecule has 0 unspecified atom stereocenters. The fourth-order valence-corrected chi connectivity index (χ4v) is 14.7. The first-order valence-corrected chi connectivity index (χ1v) is 42.5. The number of amides is 6. The number of rotatable bonds is 25. The maximum Gasteiger partial charge on any atom is 0.219 e. The number of piperazine rings is 5. The Balaban J connectivity index is 0.000000336. The number of anilines is 1. The molecule has 10 rings (SSSR count). The summed E-state index contributed by atoms with van der Waals surface area (Å²) in [6.07, 6.45) is 11.6. The number of hydrogen-bond acceptors (Lipinski definition) is 24. The van der Waals surface area contributed by atoms with Crippen LogP contribution in [0.2, 0.25) is 0 Å². The van der Waals surface area contributed by atoms with E-state index in [1.165, 1.54) is 31.5 Å². The highest BCUT2D eigenvalue weighted by Crippen LogP contribution is 2.22. The smallest absolute Gasteiger partial charge is 0.219 e. The molecule has 5 N–H and O–H groups in total. The molecular weight excluding hydrogens is 1440 g/mol. The number of carbonyl (C=O) groups is 8. The number of ether oxygens (including phenoxy) is 3. The Labute approximate surface area is 683 Å². The summed E-state index contributed by atoms with van der Waals surface area (Å²) in [7, 11) is 15.5. The van der Waals surface area contributed by atoms with Crippen LogP contribution in [0.5, 0.6) is 0 Å². The van der Waals surface area contributed by atoms with Crippen molar-refractivity contribution >= 4 is 52.7 Å². The van der Waals surface area contributed by atoms with Gasteiger partial charge in [0.1, 0.15) is 11.6 Å². The van der Waals surface area contributed by atoms with Crippen LogP contribution in [0.15, 0.2) is 24.3 Å². The van der Waals surface area contributed by atoms with Crippen molar-refractivity contribution in [3.05, 3.63) is 29.8 Å². The van der Waals surface area contributed by atoms with Gasteiger partial charge >= 0.3 is 0 Å². The molecule has 0 atom stereocenters. The van der Waals surface area contributed by atoms with E-state index in [9.17, 15) is 38.4 Å². The highest BCUT2D eigenvalue weighted by molar-refractivity contribution is 5.76. The number of piperidine rings is 4. The SMILES string of the molecule is CC(=O)CCN1CCN(C)CC1.CC(=O)NCCN1CCN(C)CC1.CNC1CCN(C2CCN(C(C)=O)CC2)CC1.CNCCN1CCN(C(C)=O)CC1.CNc1ccc(CN2CCN(C(C)=O)CC2)cc1.COC1CCN(CCC(C)=O)CC1.COC1CCN(CCNC(C)=O)CC1.COCCN1CCN(C(C)=O)CC1. The molecule has 1 aromatic rings. The molecular formula is C83H159N19O11. The van der Waals surface area contributed by atoms with Gasteiger partial charge in [0.25, 0.3) is 0 Å². The molecule has 9 aliphatic heterocycles. The van der Waals surface area contributed by atoms with E-state index in [4.69, 9.17) is 14.2 Å².